The third kappa shape index (κ3) is 2.30. The highest BCUT2D eigenvalue weighted by Gasteiger charge is 2.18. The predicted molar refractivity (Wildman–Crippen MR) is 82.9 cm³/mol. The van der Waals surface area contributed by atoms with Crippen LogP contribution in [0.2, 0.25) is 0 Å². The van der Waals surface area contributed by atoms with Crippen molar-refractivity contribution in [3.05, 3.63) is 62.9 Å². The molecule has 0 saturated carbocycles. The number of benzene rings is 1. The maximum absolute atomic E-state index is 5.77. The molecular formula is C14H12BrN3S. The second-order valence-corrected chi connectivity index (χ2v) is 5.79. The molecule has 0 saturated heterocycles. The number of thiophene rings is 1. The molecule has 0 fully saturated rings. The Labute approximate surface area is 123 Å². The molecule has 0 spiro atoms. The molecule has 2 aromatic heterocycles. The number of hydrogen-bond acceptors (Lipinski definition) is 4. The van der Waals surface area contributed by atoms with Gasteiger partial charge in [-0.3, -0.25) is 10.8 Å². The molecule has 2 heterocycles. The van der Waals surface area contributed by atoms with Crippen LogP contribution in [-0.4, -0.2) is 4.98 Å². The first-order chi connectivity index (χ1) is 9.31. The molecule has 0 amide bonds. The molecule has 0 radical (unpaired) electrons. The van der Waals surface area contributed by atoms with Crippen LogP contribution in [0.25, 0.3) is 10.9 Å². The van der Waals surface area contributed by atoms with Crippen LogP contribution in [0.5, 0.6) is 0 Å². The van der Waals surface area contributed by atoms with E-state index in [1.165, 1.54) is 0 Å². The Kier molecular flexibility index (Phi) is 3.61. The number of para-hydroxylation sites is 1. The molecule has 3 N–H and O–H groups in total. The fourth-order valence-electron chi connectivity index (χ4n) is 2.21. The third-order valence-corrected chi connectivity index (χ3v) is 4.87. The van der Waals surface area contributed by atoms with Crippen molar-refractivity contribution in [2.45, 2.75) is 6.04 Å². The van der Waals surface area contributed by atoms with Crippen LogP contribution >= 0.6 is 27.3 Å². The van der Waals surface area contributed by atoms with Crippen LogP contribution in [0, 0.1) is 0 Å². The summed E-state index contributed by atoms with van der Waals surface area (Å²) in [6.45, 7) is 0. The zero-order valence-electron chi connectivity index (χ0n) is 10.0. The second kappa shape index (κ2) is 5.38. The average molecular weight is 334 g/mol. The van der Waals surface area contributed by atoms with Crippen molar-refractivity contribution < 1.29 is 0 Å². The quantitative estimate of drug-likeness (QED) is 0.568. The zero-order chi connectivity index (χ0) is 13.2. The summed E-state index contributed by atoms with van der Waals surface area (Å²) in [6, 6.07) is 10.1. The highest BCUT2D eigenvalue weighted by molar-refractivity contribution is 9.10. The lowest BCUT2D eigenvalue weighted by Gasteiger charge is -2.18. The monoisotopic (exact) mass is 333 g/mol. The molecule has 0 aliphatic heterocycles. The van der Waals surface area contributed by atoms with Crippen LogP contribution < -0.4 is 11.3 Å². The van der Waals surface area contributed by atoms with Gasteiger partial charge in [0.25, 0.3) is 0 Å². The number of hydrazine groups is 1. The summed E-state index contributed by atoms with van der Waals surface area (Å²) in [5.74, 6) is 5.77. The molecule has 3 rings (SSSR count). The van der Waals surface area contributed by atoms with E-state index in [0.29, 0.717) is 0 Å². The van der Waals surface area contributed by atoms with Crippen LogP contribution in [0.4, 0.5) is 0 Å². The van der Waals surface area contributed by atoms with E-state index in [1.54, 1.807) is 11.3 Å². The Morgan fingerprint density at radius 2 is 2.00 bits per heavy atom. The summed E-state index contributed by atoms with van der Waals surface area (Å²) in [5, 5.41) is 5.28. The van der Waals surface area contributed by atoms with E-state index < -0.39 is 0 Å². The molecule has 0 aliphatic carbocycles. The van der Waals surface area contributed by atoms with Gasteiger partial charge in [0.15, 0.2) is 0 Å². The summed E-state index contributed by atoms with van der Waals surface area (Å²) in [4.78, 5) is 4.38. The van der Waals surface area contributed by atoms with Crippen molar-refractivity contribution >= 4 is 38.2 Å². The van der Waals surface area contributed by atoms with E-state index in [4.69, 9.17) is 5.84 Å². The van der Waals surface area contributed by atoms with E-state index in [9.17, 15) is 0 Å². The molecule has 3 aromatic rings. The van der Waals surface area contributed by atoms with Gasteiger partial charge in [-0.15, -0.1) is 0 Å². The number of pyridine rings is 1. The molecule has 3 nitrogen and oxygen atoms in total. The second-order valence-electron chi connectivity index (χ2n) is 4.19. The number of nitrogens with one attached hydrogen (secondary N) is 1. The van der Waals surface area contributed by atoms with Crippen LogP contribution in [0.15, 0.2) is 51.8 Å². The third-order valence-electron chi connectivity index (χ3n) is 3.11. The fourth-order valence-corrected chi connectivity index (χ4v) is 3.77. The summed E-state index contributed by atoms with van der Waals surface area (Å²) < 4.78 is 1.07. The minimum atomic E-state index is -0.0477. The van der Waals surface area contributed by atoms with Crippen molar-refractivity contribution in [3.63, 3.8) is 0 Å². The van der Waals surface area contributed by atoms with Crippen molar-refractivity contribution in [2.75, 3.05) is 0 Å². The van der Waals surface area contributed by atoms with E-state index in [-0.39, 0.29) is 6.04 Å². The van der Waals surface area contributed by atoms with Crippen molar-refractivity contribution in [1.82, 2.24) is 10.4 Å². The zero-order valence-corrected chi connectivity index (χ0v) is 12.4. The van der Waals surface area contributed by atoms with Crippen LogP contribution in [-0.2, 0) is 0 Å². The minimum Gasteiger partial charge on any atom is -0.271 e. The number of rotatable bonds is 3. The van der Waals surface area contributed by atoms with Gasteiger partial charge in [0.05, 0.1) is 11.6 Å². The standard InChI is InChI=1S/C14H12BrN3S/c15-12-8-19-7-11(12)14(18-16)10-5-6-17-13-4-2-1-3-9(10)13/h1-8,14,18H,16H2. The number of nitrogens with zero attached hydrogens (tertiary/aromatic N) is 1. The Morgan fingerprint density at radius 3 is 2.74 bits per heavy atom. The van der Waals surface area contributed by atoms with Gasteiger partial charge in [0, 0.05) is 21.4 Å². The van der Waals surface area contributed by atoms with Crippen LogP contribution in [0.3, 0.4) is 0 Å². The molecule has 0 bridgehead atoms. The first kappa shape index (κ1) is 12.7. The molecule has 5 heteroatoms. The number of aromatic nitrogens is 1. The SMILES string of the molecule is NNC(c1cscc1Br)c1ccnc2ccccc12. The van der Waals surface area contributed by atoms with Crippen LogP contribution in [0.1, 0.15) is 17.2 Å². The van der Waals surface area contributed by atoms with Gasteiger partial charge < -0.3 is 0 Å². The van der Waals surface area contributed by atoms with Gasteiger partial charge in [0.2, 0.25) is 0 Å². The summed E-state index contributed by atoms with van der Waals surface area (Å²) in [6.07, 6.45) is 1.82. The summed E-state index contributed by atoms with van der Waals surface area (Å²) in [7, 11) is 0. The number of fused-ring (bicyclic) bond motifs is 1. The lowest BCUT2D eigenvalue weighted by Crippen LogP contribution is -2.29. The Bertz CT molecular complexity index is 705. The number of hydrogen-bond donors (Lipinski definition) is 2. The molecule has 0 aliphatic rings. The first-order valence-electron chi connectivity index (χ1n) is 5.82. The normalized spacial score (nSPS) is 12.7. The van der Waals surface area contributed by atoms with Crippen molar-refractivity contribution in [2.24, 2.45) is 5.84 Å². The highest BCUT2D eigenvalue weighted by atomic mass is 79.9. The molecule has 1 atom stereocenters. The maximum atomic E-state index is 5.77. The van der Waals surface area contributed by atoms with Gasteiger partial charge >= 0.3 is 0 Å². The predicted octanol–water partition coefficient (Wildman–Crippen LogP) is 3.61. The number of halogens is 1. The van der Waals surface area contributed by atoms with Crippen molar-refractivity contribution in [3.8, 4) is 0 Å². The largest absolute Gasteiger partial charge is 0.271 e. The van der Waals surface area contributed by atoms with E-state index in [0.717, 1.165) is 26.5 Å². The first-order valence-corrected chi connectivity index (χ1v) is 7.56. The molecule has 1 unspecified atom stereocenters. The van der Waals surface area contributed by atoms with E-state index in [1.807, 2.05) is 30.5 Å². The van der Waals surface area contributed by atoms with E-state index >= 15 is 0 Å². The van der Waals surface area contributed by atoms with Crippen molar-refractivity contribution in [1.29, 1.82) is 0 Å². The smallest absolute Gasteiger partial charge is 0.0736 e. The fraction of sp³-hybridized carbons (Fsp3) is 0.0714. The minimum absolute atomic E-state index is 0.0477. The Morgan fingerprint density at radius 1 is 1.16 bits per heavy atom. The summed E-state index contributed by atoms with van der Waals surface area (Å²) in [5.41, 5.74) is 6.16. The molecular weight excluding hydrogens is 322 g/mol. The Hall–Kier alpha value is -1.27. The van der Waals surface area contributed by atoms with Gasteiger partial charge in [-0.25, -0.2) is 5.43 Å². The van der Waals surface area contributed by atoms with E-state index in [2.05, 4.69) is 43.2 Å². The number of nitrogens with two attached hydrogens (primary N) is 1. The lowest BCUT2D eigenvalue weighted by atomic mass is 9.98. The molecule has 96 valence electrons. The van der Waals surface area contributed by atoms with Gasteiger partial charge in [-0.1, -0.05) is 18.2 Å². The summed E-state index contributed by atoms with van der Waals surface area (Å²) >= 11 is 5.22. The molecule has 19 heavy (non-hydrogen) atoms. The average Bonchev–Trinajstić information content (AvgIpc) is 2.86. The maximum Gasteiger partial charge on any atom is 0.0736 e. The Balaban J connectivity index is 2.20. The van der Waals surface area contributed by atoms with Gasteiger partial charge in [0.1, 0.15) is 0 Å². The van der Waals surface area contributed by atoms with Gasteiger partial charge in [-0.05, 0) is 44.6 Å². The van der Waals surface area contributed by atoms with Gasteiger partial charge in [-0.2, -0.15) is 11.3 Å². The molecule has 1 aromatic carbocycles. The topological polar surface area (TPSA) is 50.9 Å². The lowest BCUT2D eigenvalue weighted by molar-refractivity contribution is 0.640. The highest BCUT2D eigenvalue weighted by Crippen LogP contribution is 2.33.